The van der Waals surface area contributed by atoms with Crippen molar-refractivity contribution in [3.05, 3.63) is 46.5 Å². The first-order valence-electron chi connectivity index (χ1n) is 4.48. The van der Waals surface area contributed by atoms with Gasteiger partial charge in [0.05, 0.1) is 4.92 Å². The fraction of sp³-hybridized carbons (Fsp3) is 0.200. The molecule has 0 fully saturated rings. The van der Waals surface area contributed by atoms with Gasteiger partial charge in [0.1, 0.15) is 11.5 Å². The zero-order chi connectivity index (χ0) is 12.3. The minimum atomic E-state index is -1.20. The van der Waals surface area contributed by atoms with Crippen LogP contribution in [0.4, 0.5) is 20.2 Å². The third-order valence-corrected chi connectivity index (χ3v) is 1.95. The summed E-state index contributed by atoms with van der Waals surface area (Å²) in [7, 11) is 0. The summed E-state index contributed by atoms with van der Waals surface area (Å²) in [6, 6.07) is 1.02. The molecule has 1 rings (SSSR count). The molecule has 0 aromatic heterocycles. The predicted octanol–water partition coefficient (Wildman–Crippen LogP) is 2.86. The van der Waals surface area contributed by atoms with Gasteiger partial charge in [-0.3, -0.25) is 10.1 Å². The van der Waals surface area contributed by atoms with Crippen LogP contribution in [0.5, 0.6) is 0 Å². The van der Waals surface area contributed by atoms with Crippen molar-refractivity contribution in [2.45, 2.75) is 13.0 Å². The average molecular weight is 228 g/mol. The Hall–Kier alpha value is -1.98. The van der Waals surface area contributed by atoms with Gasteiger partial charge in [0.2, 0.25) is 5.82 Å². The van der Waals surface area contributed by atoms with Gasteiger partial charge >= 0.3 is 5.69 Å². The molecule has 0 aliphatic carbocycles. The summed E-state index contributed by atoms with van der Waals surface area (Å²) in [6.45, 7) is 5.11. The van der Waals surface area contributed by atoms with Crippen molar-refractivity contribution in [3.63, 3.8) is 0 Å². The number of hydrogen-bond acceptors (Lipinski definition) is 3. The van der Waals surface area contributed by atoms with Crippen LogP contribution >= 0.6 is 0 Å². The van der Waals surface area contributed by atoms with Crippen molar-refractivity contribution in [3.8, 4) is 0 Å². The van der Waals surface area contributed by atoms with Gasteiger partial charge in [-0.25, -0.2) is 4.39 Å². The summed E-state index contributed by atoms with van der Waals surface area (Å²) in [4.78, 5) is 9.71. The smallest absolute Gasteiger partial charge is 0.327 e. The summed E-state index contributed by atoms with van der Waals surface area (Å²) in [6.07, 6.45) is 1.46. The standard InChI is InChI=1S/C10H10F2N2O2/c1-3-6(2)13-9-5-7(11)4-8(12)10(9)14(15)16/h3-6,13H,1H2,2H3. The molecule has 0 saturated heterocycles. The Labute approximate surface area is 90.7 Å². The third-order valence-electron chi connectivity index (χ3n) is 1.95. The number of hydrogen-bond donors (Lipinski definition) is 1. The fourth-order valence-electron chi connectivity index (χ4n) is 1.17. The van der Waals surface area contributed by atoms with Gasteiger partial charge in [-0.15, -0.1) is 6.58 Å². The minimum Gasteiger partial charge on any atom is -0.373 e. The quantitative estimate of drug-likeness (QED) is 0.489. The Bertz CT molecular complexity index is 435. The van der Waals surface area contributed by atoms with Crippen LogP contribution < -0.4 is 5.32 Å². The highest BCUT2D eigenvalue weighted by Gasteiger charge is 2.22. The van der Waals surface area contributed by atoms with Crippen LogP contribution in [0.1, 0.15) is 6.92 Å². The third kappa shape index (κ3) is 2.53. The highest BCUT2D eigenvalue weighted by atomic mass is 19.1. The van der Waals surface area contributed by atoms with E-state index in [4.69, 9.17) is 0 Å². The SMILES string of the molecule is C=CC(C)Nc1cc(F)cc(F)c1[N+](=O)[O-]. The van der Waals surface area contributed by atoms with Crippen molar-refractivity contribution in [1.29, 1.82) is 0 Å². The molecule has 4 nitrogen and oxygen atoms in total. The average Bonchev–Trinajstić information content (AvgIpc) is 2.15. The topological polar surface area (TPSA) is 55.2 Å². The molecular formula is C10H10F2N2O2. The molecule has 0 saturated carbocycles. The molecule has 1 aromatic carbocycles. The van der Waals surface area contributed by atoms with E-state index >= 15 is 0 Å². The van der Waals surface area contributed by atoms with Crippen molar-refractivity contribution < 1.29 is 13.7 Å². The van der Waals surface area contributed by atoms with Crippen LogP contribution in [0.3, 0.4) is 0 Å². The first-order valence-corrected chi connectivity index (χ1v) is 4.48. The monoisotopic (exact) mass is 228 g/mol. The summed E-state index contributed by atoms with van der Waals surface area (Å²) in [5.41, 5.74) is -0.968. The van der Waals surface area contributed by atoms with Crippen molar-refractivity contribution in [1.82, 2.24) is 0 Å². The molecule has 16 heavy (non-hydrogen) atoms. The number of nitrogens with one attached hydrogen (secondary N) is 1. The summed E-state index contributed by atoms with van der Waals surface area (Å²) >= 11 is 0. The first kappa shape index (κ1) is 12.1. The number of anilines is 1. The summed E-state index contributed by atoms with van der Waals surface area (Å²) < 4.78 is 26.1. The predicted molar refractivity (Wildman–Crippen MR) is 56.3 cm³/mol. The van der Waals surface area contributed by atoms with Crippen molar-refractivity contribution in [2.24, 2.45) is 0 Å². The van der Waals surface area contributed by atoms with Crippen molar-refractivity contribution >= 4 is 11.4 Å². The van der Waals surface area contributed by atoms with E-state index in [1.54, 1.807) is 6.92 Å². The van der Waals surface area contributed by atoms with Crippen LogP contribution in [0.2, 0.25) is 0 Å². The molecule has 6 heteroatoms. The second-order valence-electron chi connectivity index (χ2n) is 3.21. The summed E-state index contributed by atoms with van der Waals surface area (Å²) in [5, 5.41) is 13.2. The number of nitrogens with zero attached hydrogens (tertiary/aromatic N) is 1. The molecule has 1 N–H and O–H groups in total. The van der Waals surface area contributed by atoms with E-state index in [-0.39, 0.29) is 11.7 Å². The van der Waals surface area contributed by atoms with E-state index in [0.29, 0.717) is 6.07 Å². The molecule has 0 radical (unpaired) electrons. The second kappa shape index (κ2) is 4.69. The van der Waals surface area contributed by atoms with E-state index < -0.39 is 22.2 Å². The zero-order valence-electron chi connectivity index (χ0n) is 8.54. The van der Waals surface area contributed by atoms with E-state index in [2.05, 4.69) is 11.9 Å². The number of rotatable bonds is 4. The minimum absolute atomic E-state index is 0.199. The van der Waals surface area contributed by atoms with Gasteiger partial charge in [0.25, 0.3) is 0 Å². The highest BCUT2D eigenvalue weighted by Crippen LogP contribution is 2.29. The van der Waals surface area contributed by atoms with Crippen LogP contribution in [0, 0.1) is 21.7 Å². The van der Waals surface area contributed by atoms with Crippen molar-refractivity contribution in [2.75, 3.05) is 5.32 Å². The van der Waals surface area contributed by atoms with E-state index in [1.165, 1.54) is 6.08 Å². The molecule has 0 aliphatic rings. The molecule has 0 bridgehead atoms. The van der Waals surface area contributed by atoms with Gasteiger partial charge in [0, 0.05) is 18.2 Å². The number of nitro benzene ring substituents is 1. The summed E-state index contributed by atoms with van der Waals surface area (Å²) in [5.74, 6) is -2.08. The lowest BCUT2D eigenvalue weighted by Gasteiger charge is -2.11. The second-order valence-corrected chi connectivity index (χ2v) is 3.21. The molecule has 0 amide bonds. The van der Waals surface area contributed by atoms with Crippen LogP contribution in [0.25, 0.3) is 0 Å². The zero-order valence-corrected chi connectivity index (χ0v) is 8.54. The van der Waals surface area contributed by atoms with E-state index in [9.17, 15) is 18.9 Å². The molecular weight excluding hydrogens is 218 g/mol. The normalized spacial score (nSPS) is 11.9. The fourth-order valence-corrected chi connectivity index (χ4v) is 1.17. The lowest BCUT2D eigenvalue weighted by molar-refractivity contribution is -0.386. The molecule has 0 aliphatic heterocycles. The lowest BCUT2D eigenvalue weighted by Crippen LogP contribution is -2.13. The molecule has 86 valence electrons. The Morgan fingerprint density at radius 3 is 2.69 bits per heavy atom. The Balaban J connectivity index is 3.23. The molecule has 0 spiro atoms. The molecule has 1 aromatic rings. The van der Waals surface area contributed by atoms with Gasteiger partial charge in [-0.2, -0.15) is 4.39 Å². The van der Waals surface area contributed by atoms with Gasteiger partial charge in [0.15, 0.2) is 0 Å². The molecule has 0 heterocycles. The number of halogens is 2. The maximum absolute atomic E-state index is 13.2. The number of nitro groups is 1. The van der Waals surface area contributed by atoms with E-state index in [1.807, 2.05) is 0 Å². The maximum Gasteiger partial charge on any atom is 0.327 e. The van der Waals surface area contributed by atoms with Gasteiger partial charge < -0.3 is 5.32 Å². The van der Waals surface area contributed by atoms with Gasteiger partial charge in [-0.1, -0.05) is 6.08 Å². The molecule has 1 unspecified atom stereocenters. The van der Waals surface area contributed by atoms with Gasteiger partial charge in [-0.05, 0) is 6.92 Å². The largest absolute Gasteiger partial charge is 0.373 e. The van der Waals surface area contributed by atoms with Crippen LogP contribution in [0.15, 0.2) is 24.8 Å². The Morgan fingerprint density at radius 1 is 1.56 bits per heavy atom. The molecule has 1 atom stereocenters. The van der Waals surface area contributed by atoms with Crippen LogP contribution in [-0.2, 0) is 0 Å². The number of benzene rings is 1. The highest BCUT2D eigenvalue weighted by molar-refractivity contribution is 5.63. The van der Waals surface area contributed by atoms with E-state index in [0.717, 1.165) is 6.07 Å². The first-order chi connectivity index (χ1) is 7.45. The Morgan fingerprint density at radius 2 is 2.19 bits per heavy atom. The van der Waals surface area contributed by atoms with Crippen LogP contribution in [-0.4, -0.2) is 11.0 Å². The maximum atomic E-state index is 13.2. The lowest BCUT2D eigenvalue weighted by atomic mass is 10.2. The Kier molecular flexibility index (Phi) is 3.55.